The lowest BCUT2D eigenvalue weighted by Crippen LogP contribution is -2.65. The van der Waals surface area contributed by atoms with Gasteiger partial charge in [-0.3, -0.25) is 20.2 Å². The number of fused-ring (bicyclic) bond motifs is 4. The first-order valence-corrected chi connectivity index (χ1v) is 11.9. The number of hydrogen-bond acceptors (Lipinski definition) is 6. The Morgan fingerprint density at radius 3 is 1.83 bits per heavy atom. The number of ether oxygens (including phenoxy) is 1. The van der Waals surface area contributed by atoms with Crippen molar-refractivity contribution in [1.82, 2.24) is 0 Å². The van der Waals surface area contributed by atoms with Crippen molar-refractivity contribution < 1.29 is 19.4 Å². The minimum atomic E-state index is -0.774. The summed E-state index contributed by atoms with van der Waals surface area (Å²) < 4.78 is 5.91. The zero-order valence-electron chi connectivity index (χ0n) is 19.8. The molecule has 0 saturated heterocycles. The Kier molecular flexibility index (Phi) is 4.49. The fourth-order valence-electron chi connectivity index (χ4n) is 8.15. The predicted octanol–water partition coefficient (Wildman–Crippen LogP) is 5.59. The molecule has 3 aliphatic rings. The van der Waals surface area contributed by atoms with Crippen LogP contribution in [-0.2, 0) is 15.6 Å². The van der Waals surface area contributed by atoms with E-state index in [2.05, 4.69) is 50.2 Å². The van der Waals surface area contributed by atoms with Gasteiger partial charge >= 0.3 is 5.97 Å². The number of rotatable bonds is 6. The summed E-state index contributed by atoms with van der Waals surface area (Å²) in [6.07, 6.45) is 0.306. The molecule has 0 spiro atoms. The third kappa shape index (κ3) is 2.46. The van der Waals surface area contributed by atoms with Gasteiger partial charge in [0, 0.05) is 28.9 Å². The molecule has 0 unspecified atom stereocenters. The molecule has 3 fully saturated rings. The summed E-state index contributed by atoms with van der Waals surface area (Å²) in [5.41, 5.74) is 0.926. The molecule has 0 amide bonds. The molecule has 5 atom stereocenters. The molecule has 0 aromatic heterocycles. The monoisotopic (exact) mass is 484 g/mol. The van der Waals surface area contributed by atoms with E-state index in [1.54, 1.807) is 0 Å². The van der Waals surface area contributed by atoms with E-state index in [0.29, 0.717) is 12.3 Å². The van der Waals surface area contributed by atoms with Crippen LogP contribution in [0.3, 0.4) is 0 Å². The first-order valence-electron chi connectivity index (χ1n) is 11.9. The number of carbonyl (C=O) groups excluding carboxylic acids is 1. The Morgan fingerprint density at radius 2 is 1.33 bits per heavy atom. The molecule has 0 radical (unpaired) electrons. The Hall–Kier alpha value is -4.07. The number of nitro groups is 2. The van der Waals surface area contributed by atoms with Crippen molar-refractivity contribution in [2.75, 3.05) is 0 Å². The molecule has 3 aromatic carbocycles. The van der Waals surface area contributed by atoms with E-state index in [4.69, 9.17) is 4.74 Å². The number of benzene rings is 3. The zero-order valence-corrected chi connectivity index (χ0v) is 19.8. The largest absolute Gasteiger partial charge is 0.458 e. The second kappa shape index (κ2) is 7.22. The summed E-state index contributed by atoms with van der Waals surface area (Å²) in [5.74, 6) is -0.357. The van der Waals surface area contributed by atoms with Crippen molar-refractivity contribution in [1.29, 1.82) is 0 Å². The molecule has 3 saturated carbocycles. The lowest BCUT2D eigenvalue weighted by molar-refractivity contribution is -0.394. The standard InChI is InChI=1S/C28H24N2O6/c1-26(2)27(18-9-5-3-6-10-18)22-16-23(24(22)28(26,27)19-11-7-4-8-12-19)36-25(31)17-13-20(29(32)33)15-21(14-17)30(34)35/h3-15,22-24H,16H2,1-2H3/t22-,23-,24+,27-,28-/m0/s1. The van der Waals surface area contributed by atoms with Gasteiger partial charge in [-0.25, -0.2) is 4.79 Å². The summed E-state index contributed by atoms with van der Waals surface area (Å²) in [6, 6.07) is 23.8. The van der Waals surface area contributed by atoms with Gasteiger partial charge < -0.3 is 4.74 Å². The maximum Gasteiger partial charge on any atom is 0.338 e. The number of hydrogen-bond donors (Lipinski definition) is 0. The molecule has 3 aliphatic carbocycles. The third-order valence-electron chi connectivity index (χ3n) is 9.18. The van der Waals surface area contributed by atoms with Crippen molar-refractivity contribution >= 4 is 17.3 Å². The van der Waals surface area contributed by atoms with Crippen LogP contribution in [0.5, 0.6) is 0 Å². The van der Waals surface area contributed by atoms with Crippen molar-refractivity contribution in [2.45, 2.75) is 37.2 Å². The number of non-ortho nitro benzene ring substituents is 2. The molecule has 0 N–H and O–H groups in total. The zero-order chi connectivity index (χ0) is 25.5. The normalized spacial score (nSPS) is 30.6. The highest BCUT2D eigenvalue weighted by atomic mass is 16.6. The van der Waals surface area contributed by atoms with Crippen LogP contribution >= 0.6 is 0 Å². The highest BCUT2D eigenvalue weighted by Gasteiger charge is 2.99. The second-order valence-electron chi connectivity index (χ2n) is 10.5. The summed E-state index contributed by atoms with van der Waals surface area (Å²) in [6.45, 7) is 4.57. The Balaban J connectivity index is 1.36. The van der Waals surface area contributed by atoms with Crippen LogP contribution in [0, 0.1) is 37.5 Å². The van der Waals surface area contributed by atoms with Crippen LogP contribution < -0.4 is 0 Å². The van der Waals surface area contributed by atoms with Crippen molar-refractivity contribution in [3.05, 3.63) is 116 Å². The van der Waals surface area contributed by atoms with E-state index in [9.17, 15) is 25.0 Å². The quantitative estimate of drug-likeness (QED) is 0.256. The van der Waals surface area contributed by atoms with Crippen LogP contribution in [0.2, 0.25) is 0 Å². The second-order valence-corrected chi connectivity index (χ2v) is 10.5. The summed E-state index contributed by atoms with van der Waals surface area (Å²) in [4.78, 5) is 34.1. The maximum atomic E-state index is 13.1. The van der Waals surface area contributed by atoms with Gasteiger partial charge in [0.1, 0.15) is 6.10 Å². The van der Waals surface area contributed by atoms with E-state index in [1.165, 1.54) is 11.1 Å². The molecule has 0 heterocycles. The average molecular weight is 485 g/mol. The summed E-state index contributed by atoms with van der Waals surface area (Å²) in [5, 5.41) is 22.5. The molecular formula is C28H24N2O6. The smallest absolute Gasteiger partial charge is 0.338 e. The van der Waals surface area contributed by atoms with Crippen molar-refractivity contribution in [3.63, 3.8) is 0 Å². The van der Waals surface area contributed by atoms with E-state index in [-0.39, 0.29) is 33.8 Å². The van der Waals surface area contributed by atoms with Crippen molar-refractivity contribution in [2.24, 2.45) is 17.3 Å². The van der Waals surface area contributed by atoms with Crippen LogP contribution in [0.4, 0.5) is 11.4 Å². The van der Waals surface area contributed by atoms with E-state index in [1.807, 2.05) is 24.3 Å². The van der Waals surface area contributed by atoms with E-state index >= 15 is 0 Å². The van der Waals surface area contributed by atoms with Gasteiger partial charge in [0.2, 0.25) is 0 Å². The Morgan fingerprint density at radius 1 is 0.833 bits per heavy atom. The fourth-order valence-corrected chi connectivity index (χ4v) is 8.15. The molecular weight excluding hydrogens is 460 g/mol. The molecule has 0 bridgehead atoms. The third-order valence-corrected chi connectivity index (χ3v) is 9.18. The van der Waals surface area contributed by atoms with Gasteiger partial charge in [-0.1, -0.05) is 74.5 Å². The minimum Gasteiger partial charge on any atom is -0.458 e. The van der Waals surface area contributed by atoms with Gasteiger partial charge in [0.05, 0.1) is 21.5 Å². The van der Waals surface area contributed by atoms with E-state index < -0.39 is 27.2 Å². The summed E-state index contributed by atoms with van der Waals surface area (Å²) >= 11 is 0. The molecule has 8 heteroatoms. The first-order chi connectivity index (χ1) is 17.2. The van der Waals surface area contributed by atoms with Gasteiger partial charge in [0.15, 0.2) is 0 Å². The van der Waals surface area contributed by atoms with Crippen LogP contribution in [0.15, 0.2) is 78.9 Å². The van der Waals surface area contributed by atoms with E-state index in [0.717, 1.165) is 18.2 Å². The molecule has 6 rings (SSSR count). The van der Waals surface area contributed by atoms with Crippen LogP contribution in [0.25, 0.3) is 0 Å². The van der Waals surface area contributed by atoms with Gasteiger partial charge in [0.25, 0.3) is 11.4 Å². The van der Waals surface area contributed by atoms with Gasteiger partial charge in [-0.05, 0) is 28.9 Å². The maximum absolute atomic E-state index is 13.1. The minimum absolute atomic E-state index is 0.0689. The van der Waals surface area contributed by atoms with Crippen LogP contribution in [0.1, 0.15) is 41.8 Å². The molecule has 8 nitrogen and oxygen atoms in total. The topological polar surface area (TPSA) is 113 Å². The fraction of sp³-hybridized carbons (Fsp3) is 0.321. The van der Waals surface area contributed by atoms with Gasteiger partial charge in [-0.2, -0.15) is 0 Å². The van der Waals surface area contributed by atoms with Crippen molar-refractivity contribution in [3.8, 4) is 0 Å². The number of esters is 1. The molecule has 36 heavy (non-hydrogen) atoms. The van der Waals surface area contributed by atoms with Crippen LogP contribution in [-0.4, -0.2) is 21.9 Å². The first kappa shape index (κ1) is 22.4. The van der Waals surface area contributed by atoms with Gasteiger partial charge in [-0.15, -0.1) is 0 Å². The number of carbonyl (C=O) groups is 1. The predicted molar refractivity (Wildman–Crippen MR) is 131 cm³/mol. The summed E-state index contributed by atoms with van der Waals surface area (Å²) in [7, 11) is 0. The SMILES string of the molecule is CC1(C)[C@]2(c3ccccc3)[C@H]3[C@@H](OC(=O)c4cc([N+](=O)[O-])cc([N+](=O)[O-])c4)C[C@@H]3[C@@]12c1ccccc1. The Labute approximate surface area is 207 Å². The molecule has 182 valence electrons. The number of nitro benzene ring substituents is 2. The highest BCUT2D eigenvalue weighted by Crippen LogP contribution is 2.96. The molecule has 3 aromatic rings. The number of nitrogens with zero attached hydrogens (tertiary/aromatic N) is 2. The lowest BCUT2D eigenvalue weighted by atomic mass is 9.43. The lowest BCUT2D eigenvalue weighted by Gasteiger charge is -2.62. The molecule has 0 aliphatic heterocycles. The highest BCUT2D eigenvalue weighted by molar-refractivity contribution is 5.91. The Bertz CT molecular complexity index is 1390. The average Bonchev–Trinajstić information content (AvgIpc) is 3.25.